The fourth-order valence-electron chi connectivity index (χ4n) is 1.66. The predicted molar refractivity (Wildman–Crippen MR) is 69.7 cm³/mol. The average molecular weight is 320 g/mol. The molecule has 0 aliphatic heterocycles. The molecule has 2 N–H and O–H groups in total. The van der Waals surface area contributed by atoms with Crippen LogP contribution in [0.1, 0.15) is 19.8 Å². The molecule has 0 saturated heterocycles. The number of hydrogen-bond acceptors (Lipinski definition) is 5. The number of benzene rings is 1. The van der Waals surface area contributed by atoms with E-state index in [2.05, 4.69) is 0 Å². The highest BCUT2D eigenvalue weighted by Crippen LogP contribution is 2.26. The molecule has 1 aromatic carbocycles. The monoisotopic (exact) mass is 320 g/mol. The zero-order valence-corrected chi connectivity index (χ0v) is 11.8. The van der Waals surface area contributed by atoms with Crippen LogP contribution in [0.3, 0.4) is 0 Å². The van der Waals surface area contributed by atoms with Gasteiger partial charge >= 0.3 is 11.7 Å². The number of nitrogens with one attached hydrogen (secondary N) is 1. The van der Waals surface area contributed by atoms with Gasteiger partial charge in [0.25, 0.3) is 0 Å². The van der Waals surface area contributed by atoms with Crippen LogP contribution in [0.15, 0.2) is 23.1 Å². The lowest BCUT2D eigenvalue weighted by Gasteiger charge is -2.14. The largest absolute Gasteiger partial charge is 0.480 e. The molecule has 0 amide bonds. The van der Waals surface area contributed by atoms with E-state index in [9.17, 15) is 27.7 Å². The molecule has 0 heterocycles. The summed E-state index contributed by atoms with van der Waals surface area (Å²) in [7, 11) is -4.54. The summed E-state index contributed by atoms with van der Waals surface area (Å²) in [6, 6.07) is 1.14. The third-order valence-electron chi connectivity index (χ3n) is 2.59. The first-order valence-corrected chi connectivity index (χ1v) is 7.37. The minimum absolute atomic E-state index is 0.00230. The number of aliphatic carboxylic acids is 1. The Bertz CT molecular complexity index is 661. The molecule has 0 fully saturated rings. The first kappa shape index (κ1) is 17.0. The zero-order chi connectivity index (χ0) is 16.2. The molecule has 0 aromatic heterocycles. The van der Waals surface area contributed by atoms with E-state index in [4.69, 9.17) is 5.11 Å². The number of carboxylic acids is 1. The highest BCUT2D eigenvalue weighted by molar-refractivity contribution is 7.89. The summed E-state index contributed by atoms with van der Waals surface area (Å²) >= 11 is 0. The third kappa shape index (κ3) is 3.95. The van der Waals surface area contributed by atoms with Crippen molar-refractivity contribution in [2.45, 2.75) is 30.7 Å². The van der Waals surface area contributed by atoms with Crippen molar-refractivity contribution in [3.63, 3.8) is 0 Å². The first-order chi connectivity index (χ1) is 9.70. The van der Waals surface area contributed by atoms with Crippen molar-refractivity contribution in [2.24, 2.45) is 0 Å². The van der Waals surface area contributed by atoms with E-state index >= 15 is 0 Å². The Hall–Kier alpha value is -2.07. The molecule has 0 aliphatic rings. The van der Waals surface area contributed by atoms with E-state index in [1.807, 2.05) is 4.72 Å². The molecule has 116 valence electrons. The van der Waals surface area contributed by atoms with Crippen molar-refractivity contribution in [2.75, 3.05) is 0 Å². The van der Waals surface area contributed by atoms with Gasteiger partial charge in [-0.25, -0.2) is 8.42 Å². The van der Waals surface area contributed by atoms with Gasteiger partial charge < -0.3 is 5.11 Å². The molecule has 8 nitrogen and oxygen atoms in total. The summed E-state index contributed by atoms with van der Waals surface area (Å²) < 4.78 is 39.4. The number of carboxylic acid groups (broad SMARTS) is 1. The number of rotatable bonds is 7. The van der Waals surface area contributed by atoms with Gasteiger partial charge in [-0.3, -0.25) is 14.9 Å². The van der Waals surface area contributed by atoms with Crippen molar-refractivity contribution >= 4 is 21.7 Å². The van der Waals surface area contributed by atoms with Crippen molar-refractivity contribution in [1.29, 1.82) is 0 Å². The van der Waals surface area contributed by atoms with Gasteiger partial charge in [-0.1, -0.05) is 19.4 Å². The molecule has 1 unspecified atom stereocenters. The summed E-state index contributed by atoms with van der Waals surface area (Å²) in [6.07, 6.45) is 0.377. The molecule has 0 spiro atoms. The van der Waals surface area contributed by atoms with Crippen molar-refractivity contribution in [3.05, 3.63) is 34.1 Å². The molecule has 0 saturated carbocycles. The maximum absolute atomic E-state index is 13.4. The topological polar surface area (TPSA) is 127 Å². The molecular weight excluding hydrogens is 307 g/mol. The summed E-state index contributed by atoms with van der Waals surface area (Å²) in [6.45, 7) is 1.65. The van der Waals surface area contributed by atoms with Gasteiger partial charge in [0.15, 0.2) is 4.90 Å². The first-order valence-electron chi connectivity index (χ1n) is 5.88. The standard InChI is InChI=1S/C11H13FN2O6S/c1-2-4-8(11(15)16)13-21(19,20)9-6-3-5-7(12)10(9)14(17)18/h3,5-6,8,13H,2,4H2,1H3,(H,15,16). The molecule has 21 heavy (non-hydrogen) atoms. The number of nitro groups is 1. The van der Waals surface area contributed by atoms with Gasteiger partial charge in [0.1, 0.15) is 6.04 Å². The highest BCUT2D eigenvalue weighted by atomic mass is 32.2. The number of nitro benzene ring substituents is 1. The minimum atomic E-state index is -4.54. The Balaban J connectivity index is 3.29. The predicted octanol–water partition coefficient (Wildman–Crippen LogP) is 1.27. The zero-order valence-electron chi connectivity index (χ0n) is 10.9. The van der Waals surface area contributed by atoms with Crippen molar-refractivity contribution in [3.8, 4) is 0 Å². The van der Waals surface area contributed by atoms with Gasteiger partial charge in [0, 0.05) is 0 Å². The SMILES string of the molecule is CCCC(NS(=O)(=O)c1cccc(F)c1[N+](=O)[O-])C(=O)O. The fourth-order valence-corrected chi connectivity index (χ4v) is 3.07. The van der Waals surface area contributed by atoms with Gasteiger partial charge in [-0.05, 0) is 18.6 Å². The van der Waals surface area contributed by atoms with E-state index in [1.165, 1.54) is 0 Å². The number of carbonyl (C=O) groups is 1. The smallest absolute Gasteiger partial charge is 0.324 e. The van der Waals surface area contributed by atoms with Gasteiger partial charge in [0.2, 0.25) is 15.8 Å². The van der Waals surface area contributed by atoms with E-state index in [-0.39, 0.29) is 6.42 Å². The quantitative estimate of drug-likeness (QED) is 0.575. The molecule has 0 radical (unpaired) electrons. The highest BCUT2D eigenvalue weighted by Gasteiger charge is 2.32. The van der Waals surface area contributed by atoms with Crippen LogP contribution in [0, 0.1) is 15.9 Å². The van der Waals surface area contributed by atoms with Crippen LogP contribution >= 0.6 is 0 Å². The lowest BCUT2D eigenvalue weighted by atomic mass is 10.2. The van der Waals surface area contributed by atoms with Crippen LogP contribution < -0.4 is 4.72 Å². The average Bonchev–Trinajstić information content (AvgIpc) is 2.37. The van der Waals surface area contributed by atoms with Crippen LogP contribution in [0.4, 0.5) is 10.1 Å². The molecule has 0 bridgehead atoms. The number of halogens is 1. The van der Waals surface area contributed by atoms with Gasteiger partial charge in [-0.15, -0.1) is 0 Å². The van der Waals surface area contributed by atoms with Crippen LogP contribution in [0.5, 0.6) is 0 Å². The summed E-state index contributed by atoms with van der Waals surface area (Å²) in [5.74, 6) is -2.73. The van der Waals surface area contributed by atoms with Crippen LogP contribution in [0.2, 0.25) is 0 Å². The van der Waals surface area contributed by atoms with Crippen molar-refractivity contribution < 1.29 is 27.6 Å². The number of sulfonamides is 1. The summed E-state index contributed by atoms with van der Waals surface area (Å²) in [4.78, 5) is 19.7. The number of para-hydroxylation sites is 1. The molecule has 1 aromatic rings. The second kappa shape index (κ2) is 6.59. The Morgan fingerprint density at radius 3 is 2.62 bits per heavy atom. The molecule has 1 rings (SSSR count). The lowest BCUT2D eigenvalue weighted by Crippen LogP contribution is -2.40. The Labute approximate surface area is 119 Å². The summed E-state index contributed by atoms with van der Waals surface area (Å²) in [5, 5.41) is 19.7. The van der Waals surface area contributed by atoms with Crippen molar-refractivity contribution in [1.82, 2.24) is 4.72 Å². The Morgan fingerprint density at radius 1 is 1.52 bits per heavy atom. The minimum Gasteiger partial charge on any atom is -0.480 e. The fraction of sp³-hybridized carbons (Fsp3) is 0.364. The Morgan fingerprint density at radius 2 is 2.14 bits per heavy atom. The van der Waals surface area contributed by atoms with E-state index in [0.717, 1.165) is 18.2 Å². The third-order valence-corrected chi connectivity index (χ3v) is 4.10. The maximum Gasteiger partial charge on any atom is 0.324 e. The second-order valence-corrected chi connectivity index (χ2v) is 5.83. The number of hydrogen-bond donors (Lipinski definition) is 2. The maximum atomic E-state index is 13.4. The van der Waals surface area contributed by atoms with E-state index < -0.39 is 43.4 Å². The Kier molecular flexibility index (Phi) is 5.33. The van der Waals surface area contributed by atoms with Gasteiger partial charge in [0.05, 0.1) is 4.92 Å². The lowest BCUT2D eigenvalue weighted by molar-refractivity contribution is -0.390. The second-order valence-electron chi connectivity index (χ2n) is 4.14. The number of nitrogens with zero attached hydrogens (tertiary/aromatic N) is 1. The van der Waals surface area contributed by atoms with Gasteiger partial charge in [-0.2, -0.15) is 9.11 Å². The van der Waals surface area contributed by atoms with E-state index in [0.29, 0.717) is 6.42 Å². The summed E-state index contributed by atoms with van der Waals surface area (Å²) in [5.41, 5.74) is -1.22. The molecule has 1 atom stereocenters. The van der Waals surface area contributed by atoms with Crippen LogP contribution in [-0.2, 0) is 14.8 Å². The van der Waals surface area contributed by atoms with E-state index in [1.54, 1.807) is 6.92 Å². The molecular formula is C11H13FN2O6S. The molecule has 10 heteroatoms. The normalized spacial score (nSPS) is 12.9. The van der Waals surface area contributed by atoms with Crippen LogP contribution in [-0.4, -0.2) is 30.5 Å². The van der Waals surface area contributed by atoms with Crippen LogP contribution in [0.25, 0.3) is 0 Å². The molecule has 0 aliphatic carbocycles.